The highest BCUT2D eigenvalue weighted by Gasteiger charge is 2.14. The van der Waals surface area contributed by atoms with Crippen LogP contribution in [0.2, 0.25) is 10.0 Å². The van der Waals surface area contributed by atoms with Crippen LogP contribution in [0.5, 0.6) is 0 Å². The van der Waals surface area contributed by atoms with Crippen molar-refractivity contribution in [1.29, 1.82) is 0 Å². The fraction of sp³-hybridized carbons (Fsp3) is 0.208. The minimum atomic E-state index is 0.450. The molecule has 0 fully saturated rings. The van der Waals surface area contributed by atoms with Gasteiger partial charge in [0.1, 0.15) is 0 Å². The van der Waals surface area contributed by atoms with Gasteiger partial charge in [0, 0.05) is 22.3 Å². The van der Waals surface area contributed by atoms with Crippen LogP contribution in [0, 0.1) is 20.8 Å². The van der Waals surface area contributed by atoms with E-state index in [0.29, 0.717) is 34.1 Å². The third-order valence-electron chi connectivity index (χ3n) is 5.30. The Bertz CT molecular complexity index is 1290. The molecule has 0 atom stereocenters. The van der Waals surface area contributed by atoms with Crippen LogP contribution < -0.4 is 10.6 Å². The molecule has 170 valence electrons. The van der Waals surface area contributed by atoms with Crippen molar-refractivity contribution >= 4 is 52.0 Å². The lowest BCUT2D eigenvalue weighted by atomic mass is 10.1. The normalized spacial score (nSPS) is 10.9. The molecular weight excluding hydrogens is 475 g/mol. The first-order valence-corrected chi connectivity index (χ1v) is 11.6. The Morgan fingerprint density at radius 3 is 2.42 bits per heavy atom. The Labute approximate surface area is 208 Å². The van der Waals surface area contributed by atoms with E-state index in [0.717, 1.165) is 22.6 Å². The summed E-state index contributed by atoms with van der Waals surface area (Å²) in [5.41, 5.74) is 6.16. The van der Waals surface area contributed by atoms with Crippen LogP contribution in [0.1, 0.15) is 28.1 Å². The Kier molecular flexibility index (Phi) is 7.02. The summed E-state index contributed by atoms with van der Waals surface area (Å²) in [5, 5.41) is 17.3. The van der Waals surface area contributed by atoms with Gasteiger partial charge in [0.15, 0.2) is 10.9 Å². The van der Waals surface area contributed by atoms with Crippen molar-refractivity contribution in [3.05, 3.63) is 92.9 Å². The highest BCUT2D eigenvalue weighted by Crippen LogP contribution is 2.23. The zero-order valence-electron chi connectivity index (χ0n) is 18.6. The SMILES string of the molecule is Cc1ccc(Cn2nc(C)c(NC(=S)Nc3ccn(Cc4ccc(Cl)cc4Cl)n3)c2C)cc1. The molecule has 33 heavy (non-hydrogen) atoms. The number of nitrogens with one attached hydrogen (secondary N) is 2. The quantitative estimate of drug-likeness (QED) is 0.309. The molecule has 0 aliphatic carbocycles. The molecule has 0 saturated heterocycles. The molecule has 0 amide bonds. The van der Waals surface area contributed by atoms with E-state index in [1.807, 2.05) is 42.9 Å². The van der Waals surface area contributed by atoms with Crippen LogP contribution in [0.15, 0.2) is 54.7 Å². The highest BCUT2D eigenvalue weighted by molar-refractivity contribution is 7.80. The largest absolute Gasteiger partial charge is 0.329 e. The standard InChI is InChI=1S/C24H24Cl2N6S/c1-15-4-6-18(7-5-15)13-32-17(3)23(16(2)29-32)28-24(33)27-22-10-11-31(30-22)14-19-8-9-20(25)12-21(19)26/h4-12H,13-14H2,1-3H3,(H2,27,28,30,33). The Morgan fingerprint density at radius 2 is 1.70 bits per heavy atom. The van der Waals surface area contributed by atoms with Gasteiger partial charge < -0.3 is 10.6 Å². The van der Waals surface area contributed by atoms with Crippen molar-refractivity contribution < 1.29 is 0 Å². The van der Waals surface area contributed by atoms with Gasteiger partial charge in [0.05, 0.1) is 30.2 Å². The monoisotopic (exact) mass is 498 g/mol. The maximum Gasteiger partial charge on any atom is 0.176 e. The molecule has 0 aliphatic rings. The van der Waals surface area contributed by atoms with Crippen molar-refractivity contribution in [2.24, 2.45) is 0 Å². The van der Waals surface area contributed by atoms with E-state index < -0.39 is 0 Å². The summed E-state index contributed by atoms with van der Waals surface area (Å²) in [6, 6.07) is 15.8. The molecule has 0 radical (unpaired) electrons. The van der Waals surface area contributed by atoms with Gasteiger partial charge in [-0.1, -0.05) is 59.1 Å². The summed E-state index contributed by atoms with van der Waals surface area (Å²) < 4.78 is 3.77. The molecule has 9 heteroatoms. The van der Waals surface area contributed by atoms with Crippen molar-refractivity contribution in [3.8, 4) is 0 Å². The predicted molar refractivity (Wildman–Crippen MR) is 140 cm³/mol. The van der Waals surface area contributed by atoms with Gasteiger partial charge in [-0.05, 0) is 56.2 Å². The second-order valence-corrected chi connectivity index (χ2v) is 9.15. The first-order valence-electron chi connectivity index (χ1n) is 10.4. The first kappa shape index (κ1) is 23.3. The molecule has 2 aromatic heterocycles. The fourth-order valence-corrected chi connectivity index (χ4v) is 4.18. The van der Waals surface area contributed by atoms with Crippen LogP contribution >= 0.6 is 35.4 Å². The summed E-state index contributed by atoms with van der Waals surface area (Å²) in [4.78, 5) is 0. The van der Waals surface area contributed by atoms with E-state index >= 15 is 0 Å². The number of rotatable bonds is 6. The summed E-state index contributed by atoms with van der Waals surface area (Å²) >= 11 is 17.8. The first-order chi connectivity index (χ1) is 15.8. The molecule has 0 bridgehead atoms. The lowest BCUT2D eigenvalue weighted by molar-refractivity contribution is 0.659. The van der Waals surface area contributed by atoms with E-state index in [1.165, 1.54) is 11.1 Å². The number of benzene rings is 2. The average molecular weight is 499 g/mol. The zero-order valence-corrected chi connectivity index (χ0v) is 20.9. The Hall–Kier alpha value is -2.87. The van der Waals surface area contributed by atoms with Crippen LogP contribution in [0.25, 0.3) is 0 Å². The third-order valence-corrected chi connectivity index (χ3v) is 6.09. The third kappa shape index (κ3) is 5.74. The average Bonchev–Trinajstić information content (AvgIpc) is 3.31. The minimum Gasteiger partial charge on any atom is -0.329 e. The second-order valence-electron chi connectivity index (χ2n) is 7.90. The summed E-state index contributed by atoms with van der Waals surface area (Å²) in [7, 11) is 0. The molecule has 4 rings (SSSR count). The van der Waals surface area contributed by atoms with E-state index in [2.05, 4.69) is 52.0 Å². The van der Waals surface area contributed by atoms with Crippen molar-refractivity contribution in [2.75, 3.05) is 10.6 Å². The molecule has 4 aromatic rings. The molecule has 0 aliphatic heterocycles. The molecule has 2 N–H and O–H groups in total. The van der Waals surface area contributed by atoms with E-state index in [4.69, 9.17) is 35.4 Å². The number of aromatic nitrogens is 4. The maximum atomic E-state index is 6.27. The van der Waals surface area contributed by atoms with Gasteiger partial charge in [0.25, 0.3) is 0 Å². The Morgan fingerprint density at radius 1 is 0.939 bits per heavy atom. The molecule has 0 spiro atoms. The Balaban J connectivity index is 1.40. The molecule has 0 unspecified atom stereocenters. The van der Waals surface area contributed by atoms with E-state index in [1.54, 1.807) is 10.7 Å². The van der Waals surface area contributed by atoms with Gasteiger partial charge in [-0.3, -0.25) is 9.36 Å². The van der Waals surface area contributed by atoms with Gasteiger partial charge in [-0.25, -0.2) is 0 Å². The van der Waals surface area contributed by atoms with E-state index in [9.17, 15) is 0 Å². The predicted octanol–water partition coefficient (Wildman–Crippen LogP) is 6.22. The smallest absolute Gasteiger partial charge is 0.176 e. The van der Waals surface area contributed by atoms with Crippen LogP contribution in [0.4, 0.5) is 11.5 Å². The second kappa shape index (κ2) is 9.95. The molecule has 2 heterocycles. The van der Waals surface area contributed by atoms with Crippen LogP contribution in [0.3, 0.4) is 0 Å². The fourth-order valence-electron chi connectivity index (χ4n) is 3.50. The lowest BCUT2D eigenvalue weighted by Gasteiger charge is -2.10. The van der Waals surface area contributed by atoms with Crippen molar-refractivity contribution in [2.45, 2.75) is 33.9 Å². The van der Waals surface area contributed by atoms with Gasteiger partial charge in [-0.2, -0.15) is 10.2 Å². The number of aryl methyl sites for hydroxylation is 2. The number of nitrogens with zero attached hydrogens (tertiary/aromatic N) is 4. The summed E-state index contributed by atoms with van der Waals surface area (Å²) in [5.74, 6) is 0.639. The van der Waals surface area contributed by atoms with Crippen LogP contribution in [-0.4, -0.2) is 24.7 Å². The number of hydrogen-bond acceptors (Lipinski definition) is 3. The topological polar surface area (TPSA) is 59.7 Å². The summed E-state index contributed by atoms with van der Waals surface area (Å²) in [6.07, 6.45) is 1.87. The van der Waals surface area contributed by atoms with E-state index in [-0.39, 0.29) is 0 Å². The number of hydrogen-bond donors (Lipinski definition) is 2. The lowest BCUT2D eigenvalue weighted by Crippen LogP contribution is -2.20. The van der Waals surface area contributed by atoms with Gasteiger partial charge >= 0.3 is 0 Å². The van der Waals surface area contributed by atoms with Crippen LogP contribution in [-0.2, 0) is 13.1 Å². The molecular formula is C24H24Cl2N6S. The number of halogens is 2. The summed E-state index contributed by atoms with van der Waals surface area (Å²) in [6.45, 7) is 7.31. The van der Waals surface area contributed by atoms with Crippen molar-refractivity contribution in [3.63, 3.8) is 0 Å². The van der Waals surface area contributed by atoms with Crippen molar-refractivity contribution in [1.82, 2.24) is 19.6 Å². The molecule has 6 nitrogen and oxygen atoms in total. The maximum absolute atomic E-state index is 6.27. The molecule has 0 saturated carbocycles. The molecule has 2 aromatic carbocycles. The minimum absolute atomic E-state index is 0.450. The zero-order chi connectivity index (χ0) is 23.5. The number of anilines is 2. The highest BCUT2D eigenvalue weighted by atomic mass is 35.5. The number of thiocarbonyl (C=S) groups is 1. The van der Waals surface area contributed by atoms with Gasteiger partial charge in [0.2, 0.25) is 0 Å². The van der Waals surface area contributed by atoms with Gasteiger partial charge in [-0.15, -0.1) is 0 Å².